The van der Waals surface area contributed by atoms with E-state index in [0.29, 0.717) is 0 Å². The average molecular weight is 765 g/mol. The van der Waals surface area contributed by atoms with Gasteiger partial charge in [0.2, 0.25) is 0 Å². The largest absolute Gasteiger partial charge is 1.00 e. The molecule has 9 N–H and O–H groups in total. The smallest absolute Gasteiger partial charge is 0.859 e. The molecule has 2 aliphatic heterocycles. The van der Waals surface area contributed by atoms with E-state index in [1.54, 1.807) is 0 Å². The third-order valence-electron chi connectivity index (χ3n) is 6.95. The van der Waals surface area contributed by atoms with Crippen molar-refractivity contribution in [3.05, 3.63) is 42.7 Å². The van der Waals surface area contributed by atoms with Gasteiger partial charge in [-0.3, -0.25) is 18.2 Å². The van der Waals surface area contributed by atoms with Crippen molar-refractivity contribution in [2.24, 2.45) is 0 Å². The normalized spacial score (nSPS) is 29.7. The first kappa shape index (κ1) is 39.9. The zero-order valence-corrected chi connectivity index (χ0v) is 29.5. The molecule has 28 heteroatoms. The minimum absolute atomic E-state index is 0. The number of phosphoric acid groups is 3. The first-order chi connectivity index (χ1) is 22.4. The fourth-order valence-corrected chi connectivity index (χ4v) is 7.41. The minimum Gasteiger partial charge on any atom is -0.859 e. The number of pyridine rings is 1. The SMILES string of the molecule is N=C([O-])c1ccc[n+]([C@@H]2O[C@H](COP(=O)(O)OP(=O)([O-])OC[C@H]3O[C@@H](n4cnc5c(N)ncnc54)[C@H](OP(=O)(O)O)[C@@H]3O)[C@@H](O)[C@H]2O)c1.[Na+]. The summed E-state index contributed by atoms with van der Waals surface area (Å²) in [4.78, 5) is 52.9. The third-order valence-corrected chi connectivity index (χ3v) is 10.0. The van der Waals surface area contributed by atoms with Crippen LogP contribution >= 0.6 is 23.5 Å². The molecule has 0 aromatic carbocycles. The quantitative estimate of drug-likeness (QED) is 0.0263. The molecule has 0 radical (unpaired) electrons. The monoisotopic (exact) mass is 765 g/mol. The molecule has 0 bridgehead atoms. The summed E-state index contributed by atoms with van der Waals surface area (Å²) in [7, 11) is -16.6. The molecule has 0 saturated carbocycles. The number of fused-ring (bicyclic) bond motifs is 1. The van der Waals surface area contributed by atoms with Crippen LogP contribution in [0.3, 0.4) is 0 Å². The first-order valence-electron chi connectivity index (χ1n) is 13.3. The number of aliphatic hydroxyl groups excluding tert-OH is 3. The molecular weight excluding hydrogens is 738 g/mol. The molecule has 3 aromatic rings. The second-order valence-electron chi connectivity index (χ2n) is 10.2. The van der Waals surface area contributed by atoms with Gasteiger partial charge >= 0.3 is 45.2 Å². The van der Waals surface area contributed by atoms with Gasteiger partial charge in [-0.2, -0.15) is 4.57 Å². The van der Waals surface area contributed by atoms with Gasteiger partial charge in [-0.05, 0) is 12.0 Å². The van der Waals surface area contributed by atoms with Crippen LogP contribution in [0.15, 0.2) is 37.2 Å². The van der Waals surface area contributed by atoms with Crippen molar-refractivity contribution >= 4 is 46.3 Å². The second kappa shape index (κ2) is 15.4. The van der Waals surface area contributed by atoms with E-state index in [4.69, 9.17) is 20.6 Å². The summed E-state index contributed by atoms with van der Waals surface area (Å²) in [5, 5.41) is 50.0. The number of anilines is 1. The number of hydrogen-bond donors (Lipinski definition) is 8. The van der Waals surface area contributed by atoms with E-state index < -0.39 is 91.7 Å². The van der Waals surface area contributed by atoms with Crippen molar-refractivity contribution in [1.82, 2.24) is 19.5 Å². The Bertz CT molecular complexity index is 1820. The number of hydrogen-bond acceptors (Lipinski definition) is 19. The Labute approximate surface area is 296 Å². The molecule has 264 valence electrons. The molecule has 0 spiro atoms. The van der Waals surface area contributed by atoms with E-state index in [1.807, 2.05) is 0 Å². The Morgan fingerprint density at radius 3 is 2.39 bits per heavy atom. The summed E-state index contributed by atoms with van der Waals surface area (Å²) >= 11 is 0. The molecule has 10 atom stereocenters. The third kappa shape index (κ3) is 9.33. The zero-order chi connectivity index (χ0) is 35.2. The fraction of sp³-hybridized carbons (Fsp3) is 0.476. The Hall–Kier alpha value is -1.86. The van der Waals surface area contributed by atoms with Crippen molar-refractivity contribution in [2.45, 2.75) is 49.1 Å². The Balaban J connectivity index is 0.00000541. The standard InChI is InChI=1S/C21H28N7O17P3.Na/c22-17-12-19(25-7-24-17)28(8-26-12)21-16(44-46(33,34)35)14(30)11(43-21)6-41-48(38,39)45-47(36,37)40-5-10-13(29)15(31)20(42-10)27-3-1-2-9(4-27)18(23)32;/h1-4,7-8,10-11,13-16,20-21,29-31H,5-6H2,(H7-,22,23,24,25,32,33,34,35,36,37,38,39);/q;+1/p-1/t10-,11-,13-,14-,15-,16-,20-,21-;/m1./s1. The molecule has 5 heterocycles. The number of rotatable bonds is 13. The number of imidazole rings is 1. The van der Waals surface area contributed by atoms with Crippen LogP contribution in [-0.2, 0) is 41.1 Å². The van der Waals surface area contributed by atoms with E-state index in [0.717, 1.165) is 28.0 Å². The molecule has 2 aliphatic rings. The summed E-state index contributed by atoms with van der Waals surface area (Å²) in [6, 6.07) is 2.67. The molecule has 2 fully saturated rings. The number of phosphoric ester groups is 3. The van der Waals surface area contributed by atoms with Gasteiger partial charge in [-0.1, -0.05) is 0 Å². The molecule has 0 aliphatic carbocycles. The average Bonchev–Trinajstić information content (AvgIpc) is 3.64. The van der Waals surface area contributed by atoms with Gasteiger partial charge in [0, 0.05) is 11.6 Å². The number of nitrogens with zero attached hydrogens (tertiary/aromatic N) is 5. The second-order valence-corrected chi connectivity index (χ2v) is 14.4. The molecular formula is C21H27N7NaO17P3. The molecule has 0 amide bonds. The van der Waals surface area contributed by atoms with Gasteiger partial charge < -0.3 is 65.1 Å². The number of nitrogens with two attached hydrogens (primary N) is 1. The maximum Gasteiger partial charge on any atom is 1.00 e. The van der Waals surface area contributed by atoms with Gasteiger partial charge in [0.25, 0.3) is 14.1 Å². The molecule has 2 unspecified atom stereocenters. The van der Waals surface area contributed by atoms with Crippen molar-refractivity contribution < 1.29 is 115 Å². The van der Waals surface area contributed by atoms with Crippen molar-refractivity contribution in [2.75, 3.05) is 18.9 Å². The van der Waals surface area contributed by atoms with Gasteiger partial charge in [0.05, 0.1) is 19.5 Å². The van der Waals surface area contributed by atoms with Crippen LogP contribution in [0, 0.1) is 5.41 Å². The van der Waals surface area contributed by atoms with Crippen molar-refractivity contribution in [1.29, 1.82) is 5.41 Å². The predicted octanol–water partition coefficient (Wildman–Crippen LogP) is -6.94. The van der Waals surface area contributed by atoms with E-state index in [2.05, 4.69) is 32.8 Å². The topological polar surface area (TPSA) is 371 Å². The summed E-state index contributed by atoms with van der Waals surface area (Å²) in [5.41, 5.74) is 5.71. The van der Waals surface area contributed by atoms with Gasteiger partial charge in [-0.25, -0.2) is 28.4 Å². The van der Waals surface area contributed by atoms with Crippen LogP contribution in [-0.4, -0.2) is 105 Å². The summed E-state index contributed by atoms with van der Waals surface area (Å²) in [6.07, 6.45) is -8.78. The predicted molar refractivity (Wildman–Crippen MR) is 146 cm³/mol. The zero-order valence-electron chi connectivity index (χ0n) is 24.8. The van der Waals surface area contributed by atoms with E-state index in [1.165, 1.54) is 18.3 Å². The minimum atomic E-state index is -5.78. The van der Waals surface area contributed by atoms with Crippen LogP contribution in [0.4, 0.5) is 5.82 Å². The van der Waals surface area contributed by atoms with Crippen LogP contribution in [0.2, 0.25) is 0 Å². The van der Waals surface area contributed by atoms with E-state index in [9.17, 15) is 53.7 Å². The number of aromatic nitrogens is 5. The van der Waals surface area contributed by atoms with Crippen LogP contribution in [0.25, 0.3) is 11.2 Å². The Kier molecular flexibility index (Phi) is 12.5. The van der Waals surface area contributed by atoms with E-state index in [-0.39, 0.29) is 52.1 Å². The van der Waals surface area contributed by atoms with Crippen LogP contribution in [0.1, 0.15) is 18.0 Å². The summed E-state index contributed by atoms with van der Waals surface area (Å²) < 4.78 is 67.8. The Morgan fingerprint density at radius 1 is 1.04 bits per heavy atom. The van der Waals surface area contributed by atoms with E-state index >= 15 is 0 Å². The molecule has 5 rings (SSSR count). The molecule has 49 heavy (non-hydrogen) atoms. The van der Waals surface area contributed by atoms with Crippen LogP contribution in [0.5, 0.6) is 0 Å². The summed E-state index contributed by atoms with van der Waals surface area (Å²) in [5.74, 6) is -1.11. The van der Waals surface area contributed by atoms with Crippen LogP contribution < -0.4 is 49.9 Å². The van der Waals surface area contributed by atoms with Crippen molar-refractivity contribution in [3.63, 3.8) is 0 Å². The van der Waals surface area contributed by atoms with Gasteiger partial charge in [0.15, 0.2) is 36.2 Å². The Morgan fingerprint density at radius 2 is 1.71 bits per heavy atom. The maximum atomic E-state index is 12.5. The van der Waals surface area contributed by atoms with Gasteiger partial charge in [-0.15, -0.1) is 0 Å². The number of aliphatic hydroxyl groups is 3. The first-order valence-corrected chi connectivity index (χ1v) is 17.8. The molecule has 24 nitrogen and oxygen atoms in total. The summed E-state index contributed by atoms with van der Waals surface area (Å²) in [6.45, 7) is -2.14. The van der Waals surface area contributed by atoms with Crippen molar-refractivity contribution in [3.8, 4) is 0 Å². The maximum absolute atomic E-state index is 12.5. The number of ether oxygens (including phenoxy) is 2. The molecule has 2 saturated heterocycles. The number of nitrogens with one attached hydrogen (secondary N) is 1. The van der Waals surface area contributed by atoms with Gasteiger partial charge in [0.1, 0.15) is 42.4 Å². The number of nitrogen functional groups attached to an aromatic ring is 1. The fourth-order valence-electron chi connectivity index (χ4n) is 4.81. The molecule has 3 aromatic heterocycles.